The van der Waals surface area contributed by atoms with Crippen molar-refractivity contribution in [2.75, 3.05) is 43.5 Å². The normalized spacial score (nSPS) is 11.5. The molecule has 7 nitrogen and oxygen atoms in total. The zero-order valence-electron chi connectivity index (χ0n) is 19.3. The maximum absolute atomic E-state index is 14.0. The Morgan fingerprint density at radius 1 is 1.00 bits per heavy atom. The molecule has 176 valence electrons. The molecule has 0 unspecified atom stereocenters. The number of hydrogen-bond acceptors (Lipinski definition) is 5. The highest BCUT2D eigenvalue weighted by atomic mass is 32.2. The molecule has 0 fully saturated rings. The minimum Gasteiger partial charge on any atom is -0.494 e. The topological polar surface area (TPSA) is 79.0 Å². The van der Waals surface area contributed by atoms with Crippen LogP contribution in [0.5, 0.6) is 5.75 Å². The molecule has 0 aliphatic heterocycles. The van der Waals surface area contributed by atoms with Gasteiger partial charge in [-0.25, -0.2) is 12.8 Å². The highest BCUT2D eigenvalue weighted by Gasteiger charge is 2.24. The maximum Gasteiger partial charge on any atom is 0.243 e. The van der Waals surface area contributed by atoms with E-state index in [2.05, 4.69) is 5.32 Å². The first-order chi connectivity index (χ1) is 15.2. The highest BCUT2D eigenvalue weighted by Crippen LogP contribution is 2.30. The first-order valence-electron chi connectivity index (χ1n) is 10.7. The molecule has 1 N–H and O–H groups in total. The molecule has 0 bridgehead atoms. The molecule has 9 heteroatoms. The molecule has 0 saturated heterocycles. The zero-order chi connectivity index (χ0) is 23.9. The number of nitrogens with one attached hydrogen (secondary N) is 1. The average Bonchev–Trinajstić information content (AvgIpc) is 2.76. The smallest absolute Gasteiger partial charge is 0.243 e. The molecule has 0 spiro atoms. The van der Waals surface area contributed by atoms with Crippen molar-refractivity contribution < 1.29 is 22.3 Å². The van der Waals surface area contributed by atoms with Gasteiger partial charge in [0.15, 0.2) is 11.6 Å². The summed E-state index contributed by atoms with van der Waals surface area (Å²) in [7, 11) is -2.31. The van der Waals surface area contributed by atoms with Crippen molar-refractivity contribution in [3.63, 3.8) is 0 Å². The van der Waals surface area contributed by atoms with Crippen molar-refractivity contribution in [3.05, 3.63) is 47.8 Å². The van der Waals surface area contributed by atoms with Gasteiger partial charge in [-0.05, 0) is 49.7 Å². The van der Waals surface area contributed by atoms with E-state index in [0.29, 0.717) is 37.4 Å². The van der Waals surface area contributed by atoms with Gasteiger partial charge in [-0.15, -0.1) is 0 Å². The number of nitrogens with zero attached hydrogens (tertiary/aromatic N) is 2. The van der Waals surface area contributed by atoms with E-state index in [4.69, 9.17) is 4.74 Å². The first kappa shape index (κ1) is 25.6. The molecule has 0 aliphatic carbocycles. The van der Waals surface area contributed by atoms with Crippen LogP contribution in [0.25, 0.3) is 0 Å². The van der Waals surface area contributed by atoms with Gasteiger partial charge >= 0.3 is 0 Å². The summed E-state index contributed by atoms with van der Waals surface area (Å²) >= 11 is 0. The van der Waals surface area contributed by atoms with Crippen LogP contribution in [0.15, 0.2) is 41.3 Å². The fourth-order valence-corrected chi connectivity index (χ4v) is 5.01. The van der Waals surface area contributed by atoms with E-state index in [9.17, 15) is 17.6 Å². The molecule has 2 aromatic carbocycles. The monoisotopic (exact) mass is 465 g/mol. The summed E-state index contributed by atoms with van der Waals surface area (Å²) in [6.45, 7) is 9.59. The fraction of sp³-hybridized carbons (Fsp3) is 0.435. The van der Waals surface area contributed by atoms with Gasteiger partial charge in [0, 0.05) is 26.2 Å². The number of benzene rings is 2. The molecule has 0 radical (unpaired) electrons. The maximum atomic E-state index is 14.0. The van der Waals surface area contributed by atoms with Gasteiger partial charge in [0.05, 0.1) is 29.8 Å². The molecule has 32 heavy (non-hydrogen) atoms. The van der Waals surface area contributed by atoms with Crippen LogP contribution in [0.1, 0.15) is 33.3 Å². The second kappa shape index (κ2) is 11.3. The number of rotatable bonds is 11. The van der Waals surface area contributed by atoms with Crippen LogP contribution in [-0.4, -0.2) is 51.9 Å². The van der Waals surface area contributed by atoms with E-state index in [1.807, 2.05) is 18.7 Å². The number of ether oxygens (including phenoxy) is 1. The van der Waals surface area contributed by atoms with Gasteiger partial charge in [0.1, 0.15) is 0 Å². The Bertz CT molecular complexity index is 1040. The lowest BCUT2D eigenvalue weighted by molar-refractivity contribution is -0.115. The van der Waals surface area contributed by atoms with Crippen LogP contribution in [0.2, 0.25) is 0 Å². The third-order valence-electron chi connectivity index (χ3n) is 5.27. The molecule has 0 atom stereocenters. The van der Waals surface area contributed by atoms with Gasteiger partial charge in [-0.3, -0.25) is 4.79 Å². The fourth-order valence-electron chi connectivity index (χ4n) is 3.53. The van der Waals surface area contributed by atoms with Crippen molar-refractivity contribution in [2.45, 2.75) is 39.0 Å². The highest BCUT2D eigenvalue weighted by molar-refractivity contribution is 7.89. The minimum atomic E-state index is -3.69. The van der Waals surface area contributed by atoms with Crippen molar-refractivity contribution in [2.24, 2.45) is 0 Å². The van der Waals surface area contributed by atoms with E-state index in [1.165, 1.54) is 29.6 Å². The zero-order valence-corrected chi connectivity index (χ0v) is 20.1. The number of methoxy groups -OCH3 is 1. The Labute approximate surface area is 190 Å². The lowest BCUT2D eigenvalue weighted by Gasteiger charge is -2.26. The van der Waals surface area contributed by atoms with Crippen LogP contribution in [0.3, 0.4) is 0 Å². The number of amides is 1. The number of carbonyl (C=O) groups excluding carboxylic acids is 1. The lowest BCUT2D eigenvalue weighted by atomic mass is 10.1. The summed E-state index contributed by atoms with van der Waals surface area (Å²) in [6.07, 6.45) is -0.0639. The Kier molecular flexibility index (Phi) is 9.03. The molecule has 0 aromatic heterocycles. The van der Waals surface area contributed by atoms with Crippen LogP contribution in [-0.2, 0) is 21.2 Å². The van der Waals surface area contributed by atoms with Gasteiger partial charge in [0.2, 0.25) is 15.9 Å². The minimum absolute atomic E-state index is 0.0639. The second-order valence-electron chi connectivity index (χ2n) is 7.13. The van der Waals surface area contributed by atoms with Gasteiger partial charge in [0.25, 0.3) is 0 Å². The number of hydrogen-bond donors (Lipinski definition) is 1. The summed E-state index contributed by atoms with van der Waals surface area (Å²) in [4.78, 5) is 14.9. The van der Waals surface area contributed by atoms with Crippen LogP contribution < -0.4 is 15.0 Å². The Balaban J connectivity index is 2.40. The Hall–Kier alpha value is -2.65. The SMILES string of the molecule is CCN(CC)c1ccc(S(=O)(=O)N(CC)CC)cc1NC(=O)Cc1ccc(OC)c(F)c1. The summed E-state index contributed by atoms with van der Waals surface area (Å²) < 4.78 is 46.2. The predicted molar refractivity (Wildman–Crippen MR) is 125 cm³/mol. The second-order valence-corrected chi connectivity index (χ2v) is 9.07. The average molecular weight is 466 g/mol. The largest absolute Gasteiger partial charge is 0.494 e. The van der Waals surface area contributed by atoms with Gasteiger partial charge in [-0.1, -0.05) is 19.9 Å². The lowest BCUT2D eigenvalue weighted by Crippen LogP contribution is -2.31. The molecule has 0 heterocycles. The quantitative estimate of drug-likeness (QED) is 0.545. The predicted octanol–water partition coefficient (Wildman–Crippen LogP) is 3.89. The van der Waals surface area contributed by atoms with Crippen molar-refractivity contribution in [3.8, 4) is 5.75 Å². The van der Waals surface area contributed by atoms with E-state index in [-0.39, 0.29) is 23.0 Å². The molecular formula is C23H32FN3O4S. The van der Waals surface area contributed by atoms with E-state index < -0.39 is 15.8 Å². The van der Waals surface area contributed by atoms with Crippen molar-refractivity contribution >= 4 is 27.3 Å². The molecule has 0 saturated carbocycles. The van der Waals surface area contributed by atoms with Crippen molar-refractivity contribution in [1.82, 2.24) is 4.31 Å². The first-order valence-corrected chi connectivity index (χ1v) is 12.2. The third kappa shape index (κ3) is 5.77. The van der Waals surface area contributed by atoms with Crippen LogP contribution in [0, 0.1) is 5.82 Å². The van der Waals surface area contributed by atoms with Crippen molar-refractivity contribution in [1.29, 1.82) is 0 Å². The summed E-state index contributed by atoms with van der Waals surface area (Å²) in [5, 5.41) is 2.83. The molecule has 2 rings (SSSR count). The third-order valence-corrected chi connectivity index (χ3v) is 7.32. The molecule has 2 aromatic rings. The summed E-state index contributed by atoms with van der Waals surface area (Å²) in [6, 6.07) is 9.12. The Morgan fingerprint density at radius 3 is 2.19 bits per heavy atom. The van der Waals surface area contributed by atoms with Gasteiger partial charge < -0.3 is 15.0 Å². The Morgan fingerprint density at radius 2 is 1.66 bits per heavy atom. The number of halogens is 1. The van der Waals surface area contributed by atoms with Crippen LogP contribution in [0.4, 0.5) is 15.8 Å². The van der Waals surface area contributed by atoms with Gasteiger partial charge in [-0.2, -0.15) is 4.31 Å². The number of sulfonamides is 1. The summed E-state index contributed by atoms with van der Waals surface area (Å²) in [5.74, 6) is -0.818. The van der Waals surface area contributed by atoms with E-state index >= 15 is 0 Å². The summed E-state index contributed by atoms with van der Waals surface area (Å²) in [5.41, 5.74) is 1.61. The van der Waals surface area contributed by atoms with Crippen LogP contribution >= 0.6 is 0 Å². The number of anilines is 2. The molecular weight excluding hydrogens is 433 g/mol. The standard InChI is InChI=1S/C23H32FN3O4S/c1-6-26(7-2)21-12-11-18(32(29,30)27(8-3)9-4)16-20(21)25-23(28)15-17-10-13-22(31-5)19(24)14-17/h10-14,16H,6-9,15H2,1-5H3,(H,25,28). The number of carbonyl (C=O) groups is 1. The molecule has 0 aliphatic rings. The molecule has 1 amide bonds. The van der Waals surface area contributed by atoms with E-state index in [0.717, 1.165) is 5.69 Å². The van der Waals surface area contributed by atoms with E-state index in [1.54, 1.807) is 32.0 Å².